The predicted octanol–water partition coefficient (Wildman–Crippen LogP) is 4.26. The van der Waals surface area contributed by atoms with Crippen molar-refractivity contribution in [2.45, 2.75) is 19.3 Å². The molecule has 1 saturated heterocycles. The summed E-state index contributed by atoms with van der Waals surface area (Å²) in [5, 5.41) is 8.95. The average Bonchev–Trinajstić information content (AvgIpc) is 2.41. The average molecular weight is 324 g/mol. The summed E-state index contributed by atoms with van der Waals surface area (Å²) >= 11 is 11.7. The number of nitrogens with zero attached hydrogens (tertiary/aromatic N) is 1. The molecule has 1 aliphatic rings. The van der Waals surface area contributed by atoms with Crippen LogP contribution in [0.25, 0.3) is 0 Å². The highest BCUT2D eigenvalue weighted by molar-refractivity contribution is 6.42. The summed E-state index contributed by atoms with van der Waals surface area (Å²) in [7, 11) is 0. The van der Waals surface area contributed by atoms with E-state index in [0.717, 1.165) is 25.9 Å². The smallest absolute Gasteiger partial charge is 0.145 e. The van der Waals surface area contributed by atoms with E-state index in [1.54, 1.807) is 18.2 Å². The quantitative estimate of drug-likeness (QED) is 0.666. The zero-order chi connectivity index (χ0) is 13.0. The van der Waals surface area contributed by atoms with Crippen molar-refractivity contribution in [1.82, 2.24) is 4.90 Å². The molecule has 0 amide bonds. The van der Waals surface area contributed by atoms with Crippen LogP contribution in [0.4, 0.5) is 0 Å². The van der Waals surface area contributed by atoms with Crippen molar-refractivity contribution in [3.63, 3.8) is 0 Å². The van der Waals surface area contributed by atoms with Crippen molar-refractivity contribution in [1.29, 1.82) is 5.41 Å². The van der Waals surface area contributed by atoms with E-state index in [1.807, 2.05) is 0 Å². The lowest BCUT2D eigenvalue weighted by Crippen LogP contribution is -2.38. The number of likely N-dealkylation sites (tertiary alicyclic amines) is 1. The molecule has 2 rings (SSSR count). The third-order valence-electron chi connectivity index (χ3n) is 3.00. The van der Waals surface area contributed by atoms with Crippen LogP contribution >= 0.6 is 35.6 Å². The maximum absolute atomic E-state index is 7.97. The van der Waals surface area contributed by atoms with Crippen molar-refractivity contribution in [3.05, 3.63) is 28.2 Å². The molecule has 1 N–H and O–H groups in total. The van der Waals surface area contributed by atoms with Gasteiger partial charge < -0.3 is 9.64 Å². The largest absolute Gasteiger partial charge is 0.486 e. The van der Waals surface area contributed by atoms with Gasteiger partial charge in [0.05, 0.1) is 10.0 Å². The lowest BCUT2D eigenvalue weighted by molar-refractivity contribution is 0.300. The number of piperidine rings is 1. The summed E-state index contributed by atoms with van der Waals surface area (Å²) in [6, 6.07) is 5.13. The maximum Gasteiger partial charge on any atom is 0.145 e. The topological polar surface area (TPSA) is 36.3 Å². The number of hydrogen-bond acceptors (Lipinski definition) is 2. The zero-order valence-corrected chi connectivity index (χ0v) is 12.8. The monoisotopic (exact) mass is 322 g/mol. The standard InChI is InChI=1S/C13H16Cl2N2O.ClH/c14-11-5-4-10(8-12(11)15)18-9-13(16)17-6-2-1-3-7-17;/h4-5,8,16H,1-3,6-7,9H2;1H. The van der Waals surface area contributed by atoms with Crippen molar-refractivity contribution in [3.8, 4) is 5.75 Å². The number of ether oxygens (including phenoxy) is 1. The Balaban J connectivity index is 0.00000180. The van der Waals surface area contributed by atoms with Crippen molar-refractivity contribution in [2.24, 2.45) is 0 Å². The fourth-order valence-electron chi connectivity index (χ4n) is 1.97. The van der Waals surface area contributed by atoms with E-state index in [-0.39, 0.29) is 19.0 Å². The first-order chi connectivity index (χ1) is 8.66. The zero-order valence-electron chi connectivity index (χ0n) is 10.5. The molecular formula is C13H17Cl3N2O. The van der Waals surface area contributed by atoms with E-state index in [2.05, 4.69) is 4.90 Å². The minimum Gasteiger partial charge on any atom is -0.486 e. The van der Waals surface area contributed by atoms with E-state index in [4.69, 9.17) is 33.3 Å². The third kappa shape index (κ3) is 4.75. The Hall–Kier alpha value is -0.640. The minimum absolute atomic E-state index is 0. The van der Waals surface area contributed by atoms with Gasteiger partial charge in [0.15, 0.2) is 0 Å². The van der Waals surface area contributed by atoms with Crippen LogP contribution in [0.15, 0.2) is 18.2 Å². The number of halogens is 3. The lowest BCUT2D eigenvalue weighted by Gasteiger charge is -2.28. The Morgan fingerprint density at radius 1 is 1.16 bits per heavy atom. The van der Waals surface area contributed by atoms with Gasteiger partial charge in [-0.3, -0.25) is 5.41 Å². The second kappa shape index (κ2) is 7.83. The minimum atomic E-state index is 0. The molecule has 1 aromatic rings. The molecule has 0 unspecified atom stereocenters. The van der Waals surface area contributed by atoms with Gasteiger partial charge in [-0.25, -0.2) is 0 Å². The summed E-state index contributed by atoms with van der Waals surface area (Å²) in [5.41, 5.74) is 0. The van der Waals surface area contributed by atoms with E-state index in [0.29, 0.717) is 21.6 Å². The van der Waals surface area contributed by atoms with E-state index in [9.17, 15) is 0 Å². The number of nitrogens with one attached hydrogen (secondary N) is 1. The molecule has 106 valence electrons. The van der Waals surface area contributed by atoms with E-state index in [1.165, 1.54) is 6.42 Å². The molecular weight excluding hydrogens is 307 g/mol. The Bertz CT molecular complexity index is 434. The highest BCUT2D eigenvalue weighted by atomic mass is 35.5. The highest BCUT2D eigenvalue weighted by Crippen LogP contribution is 2.26. The Morgan fingerprint density at radius 2 is 1.84 bits per heavy atom. The molecule has 0 aliphatic carbocycles. The molecule has 0 radical (unpaired) electrons. The third-order valence-corrected chi connectivity index (χ3v) is 3.74. The molecule has 3 nitrogen and oxygen atoms in total. The predicted molar refractivity (Wildman–Crippen MR) is 82.4 cm³/mol. The van der Waals surface area contributed by atoms with Crippen LogP contribution in [0.1, 0.15) is 19.3 Å². The van der Waals surface area contributed by atoms with Gasteiger partial charge in [0, 0.05) is 19.2 Å². The molecule has 19 heavy (non-hydrogen) atoms. The van der Waals surface area contributed by atoms with E-state index < -0.39 is 0 Å². The van der Waals surface area contributed by atoms with Crippen molar-refractivity contribution < 1.29 is 4.74 Å². The Labute approximate surface area is 129 Å². The fourth-order valence-corrected chi connectivity index (χ4v) is 2.26. The van der Waals surface area contributed by atoms with E-state index >= 15 is 0 Å². The normalized spacial score (nSPS) is 14.7. The number of rotatable bonds is 3. The van der Waals surface area contributed by atoms with Gasteiger partial charge in [0.2, 0.25) is 0 Å². The number of benzene rings is 1. The summed E-state index contributed by atoms with van der Waals surface area (Å²) in [6.45, 7) is 2.20. The second-order valence-corrected chi connectivity index (χ2v) is 5.17. The molecule has 1 fully saturated rings. The summed E-state index contributed by atoms with van der Waals surface area (Å²) < 4.78 is 5.55. The molecule has 0 aromatic heterocycles. The van der Waals surface area contributed by atoms with Gasteiger partial charge in [-0.1, -0.05) is 23.2 Å². The molecule has 0 saturated carbocycles. The SMILES string of the molecule is Cl.N=C(COc1ccc(Cl)c(Cl)c1)N1CCCCC1. The van der Waals surface area contributed by atoms with Crippen LogP contribution in [0.5, 0.6) is 5.75 Å². The van der Waals surface area contributed by atoms with Crippen LogP contribution in [0.2, 0.25) is 10.0 Å². The fraction of sp³-hybridized carbons (Fsp3) is 0.462. The number of amidine groups is 1. The molecule has 0 bridgehead atoms. The Morgan fingerprint density at radius 3 is 2.47 bits per heavy atom. The first kappa shape index (κ1) is 16.4. The molecule has 6 heteroatoms. The summed E-state index contributed by atoms with van der Waals surface area (Å²) in [4.78, 5) is 2.07. The maximum atomic E-state index is 7.97. The van der Waals surface area contributed by atoms with Gasteiger partial charge >= 0.3 is 0 Å². The molecule has 1 heterocycles. The van der Waals surface area contributed by atoms with Gasteiger partial charge in [-0.15, -0.1) is 12.4 Å². The molecule has 1 aromatic carbocycles. The summed E-state index contributed by atoms with van der Waals surface area (Å²) in [6.07, 6.45) is 3.59. The highest BCUT2D eigenvalue weighted by Gasteiger charge is 2.13. The second-order valence-electron chi connectivity index (χ2n) is 4.36. The summed E-state index contributed by atoms with van der Waals surface area (Å²) in [5.74, 6) is 1.17. The van der Waals surface area contributed by atoms with Gasteiger partial charge in [-0.2, -0.15) is 0 Å². The van der Waals surface area contributed by atoms with Crippen LogP contribution < -0.4 is 4.74 Å². The van der Waals surface area contributed by atoms with Gasteiger partial charge in [-0.05, 0) is 31.4 Å². The molecule has 0 atom stereocenters. The van der Waals surface area contributed by atoms with Crippen LogP contribution in [-0.4, -0.2) is 30.4 Å². The Kier molecular flexibility index (Phi) is 6.76. The molecule has 1 aliphatic heterocycles. The van der Waals surface area contributed by atoms with Crippen LogP contribution in [-0.2, 0) is 0 Å². The van der Waals surface area contributed by atoms with Crippen molar-refractivity contribution in [2.75, 3.05) is 19.7 Å². The van der Waals surface area contributed by atoms with Gasteiger partial charge in [0.1, 0.15) is 18.2 Å². The van der Waals surface area contributed by atoms with Crippen molar-refractivity contribution >= 4 is 41.4 Å². The first-order valence-electron chi connectivity index (χ1n) is 6.07. The first-order valence-corrected chi connectivity index (χ1v) is 6.82. The number of hydrogen-bond donors (Lipinski definition) is 1. The lowest BCUT2D eigenvalue weighted by atomic mass is 10.1. The van der Waals surface area contributed by atoms with Crippen LogP contribution in [0, 0.1) is 5.41 Å². The van der Waals surface area contributed by atoms with Gasteiger partial charge in [0.25, 0.3) is 0 Å². The van der Waals surface area contributed by atoms with Crippen LogP contribution in [0.3, 0.4) is 0 Å². The molecule has 0 spiro atoms.